The maximum Gasteiger partial charge on any atom is 0.273 e. The number of nitro benzene ring substituents is 1. The average Bonchev–Trinajstić information content (AvgIpc) is 2.47. The molecule has 0 aliphatic rings. The zero-order valence-electron chi connectivity index (χ0n) is 12.1. The first kappa shape index (κ1) is 15.0. The lowest BCUT2D eigenvalue weighted by molar-refractivity contribution is -0.384. The summed E-state index contributed by atoms with van der Waals surface area (Å²) in [7, 11) is 0. The second kappa shape index (κ2) is 6.85. The van der Waals surface area contributed by atoms with Crippen molar-refractivity contribution in [1.29, 1.82) is 0 Å². The lowest BCUT2D eigenvalue weighted by atomic mass is 10.1. The number of hydrogen-bond acceptors (Lipinski definition) is 4. The number of aryl methyl sites for hydroxylation is 1. The number of nitro groups is 1. The molecule has 0 saturated carbocycles. The molecule has 21 heavy (non-hydrogen) atoms. The van der Waals surface area contributed by atoms with E-state index >= 15 is 0 Å². The van der Waals surface area contributed by atoms with E-state index < -0.39 is 4.92 Å². The van der Waals surface area contributed by atoms with Crippen LogP contribution in [0.2, 0.25) is 0 Å². The van der Waals surface area contributed by atoms with E-state index in [0.29, 0.717) is 11.5 Å². The third kappa shape index (κ3) is 4.03. The van der Waals surface area contributed by atoms with Crippen LogP contribution in [0.4, 0.5) is 5.69 Å². The van der Waals surface area contributed by atoms with Crippen LogP contribution >= 0.6 is 0 Å². The second-order valence-electron chi connectivity index (χ2n) is 4.73. The molecule has 0 radical (unpaired) electrons. The van der Waals surface area contributed by atoms with Gasteiger partial charge in [-0.05, 0) is 42.8 Å². The highest BCUT2D eigenvalue weighted by atomic mass is 16.6. The Hall–Kier alpha value is -2.40. The largest absolute Gasteiger partial charge is 0.457 e. The number of rotatable bonds is 6. The van der Waals surface area contributed by atoms with Crippen LogP contribution in [-0.4, -0.2) is 11.5 Å². The predicted molar refractivity (Wildman–Crippen MR) is 81.7 cm³/mol. The first-order chi connectivity index (χ1) is 10.1. The topological polar surface area (TPSA) is 64.4 Å². The van der Waals surface area contributed by atoms with Gasteiger partial charge in [0.15, 0.2) is 0 Å². The standard InChI is InChI=1S/C16H18N2O3/c1-3-17-11-13-7-8-16(9-12(13)2)21-15-6-4-5-14(10-15)18(19)20/h4-10,17H,3,11H2,1-2H3. The number of nitrogens with one attached hydrogen (secondary N) is 1. The molecule has 2 aromatic rings. The van der Waals surface area contributed by atoms with Crippen molar-refractivity contribution in [2.45, 2.75) is 20.4 Å². The summed E-state index contributed by atoms with van der Waals surface area (Å²) in [6.45, 7) is 5.83. The van der Waals surface area contributed by atoms with E-state index in [4.69, 9.17) is 4.74 Å². The number of nitrogens with zero attached hydrogens (tertiary/aromatic N) is 1. The van der Waals surface area contributed by atoms with Gasteiger partial charge in [-0.15, -0.1) is 0 Å². The zero-order chi connectivity index (χ0) is 15.2. The van der Waals surface area contributed by atoms with E-state index in [9.17, 15) is 10.1 Å². The molecule has 0 bridgehead atoms. The van der Waals surface area contributed by atoms with Gasteiger partial charge in [-0.25, -0.2) is 0 Å². The Labute approximate surface area is 123 Å². The Morgan fingerprint density at radius 1 is 1.19 bits per heavy atom. The molecule has 0 aromatic heterocycles. The highest BCUT2D eigenvalue weighted by molar-refractivity contribution is 5.42. The summed E-state index contributed by atoms with van der Waals surface area (Å²) in [6, 6.07) is 12.0. The molecular weight excluding hydrogens is 268 g/mol. The van der Waals surface area contributed by atoms with Crippen LogP contribution in [-0.2, 0) is 6.54 Å². The van der Waals surface area contributed by atoms with Crippen LogP contribution in [0.25, 0.3) is 0 Å². The van der Waals surface area contributed by atoms with Crippen LogP contribution in [0, 0.1) is 17.0 Å². The van der Waals surface area contributed by atoms with Crippen molar-refractivity contribution in [1.82, 2.24) is 5.32 Å². The number of benzene rings is 2. The van der Waals surface area contributed by atoms with E-state index in [1.807, 2.05) is 25.1 Å². The first-order valence-electron chi connectivity index (χ1n) is 6.82. The average molecular weight is 286 g/mol. The quantitative estimate of drug-likeness (QED) is 0.648. The molecule has 0 spiro atoms. The van der Waals surface area contributed by atoms with Gasteiger partial charge >= 0.3 is 0 Å². The molecule has 5 nitrogen and oxygen atoms in total. The van der Waals surface area contributed by atoms with Crippen molar-refractivity contribution < 1.29 is 9.66 Å². The maximum atomic E-state index is 10.7. The summed E-state index contributed by atoms with van der Waals surface area (Å²) in [4.78, 5) is 10.3. The summed E-state index contributed by atoms with van der Waals surface area (Å²) >= 11 is 0. The Balaban J connectivity index is 2.14. The third-order valence-electron chi connectivity index (χ3n) is 3.14. The highest BCUT2D eigenvalue weighted by Crippen LogP contribution is 2.26. The van der Waals surface area contributed by atoms with Crippen LogP contribution in [0.5, 0.6) is 11.5 Å². The minimum Gasteiger partial charge on any atom is -0.457 e. The molecule has 5 heteroatoms. The molecule has 2 aromatic carbocycles. The van der Waals surface area contributed by atoms with E-state index in [1.165, 1.54) is 17.7 Å². The van der Waals surface area contributed by atoms with Crippen molar-refractivity contribution in [2.75, 3.05) is 6.54 Å². The summed E-state index contributed by atoms with van der Waals surface area (Å²) in [6.07, 6.45) is 0. The molecule has 0 fully saturated rings. The van der Waals surface area contributed by atoms with Gasteiger partial charge in [0.25, 0.3) is 5.69 Å². The van der Waals surface area contributed by atoms with E-state index in [1.54, 1.807) is 12.1 Å². The Morgan fingerprint density at radius 2 is 1.95 bits per heavy atom. The smallest absolute Gasteiger partial charge is 0.273 e. The fourth-order valence-electron chi connectivity index (χ4n) is 1.99. The summed E-state index contributed by atoms with van der Waals surface area (Å²) in [5.41, 5.74) is 2.36. The summed E-state index contributed by atoms with van der Waals surface area (Å²) in [5, 5.41) is 14.0. The molecule has 1 N–H and O–H groups in total. The minimum atomic E-state index is -0.433. The Kier molecular flexibility index (Phi) is 4.90. The van der Waals surface area contributed by atoms with Crippen LogP contribution in [0.15, 0.2) is 42.5 Å². The first-order valence-corrected chi connectivity index (χ1v) is 6.82. The number of hydrogen-bond donors (Lipinski definition) is 1. The van der Waals surface area contributed by atoms with Gasteiger partial charge in [0, 0.05) is 12.6 Å². The second-order valence-corrected chi connectivity index (χ2v) is 4.73. The highest BCUT2D eigenvalue weighted by Gasteiger charge is 2.07. The van der Waals surface area contributed by atoms with Gasteiger partial charge < -0.3 is 10.1 Å². The summed E-state index contributed by atoms with van der Waals surface area (Å²) in [5.74, 6) is 1.14. The normalized spacial score (nSPS) is 10.4. The van der Waals surface area contributed by atoms with Gasteiger partial charge in [-0.3, -0.25) is 10.1 Å². The molecule has 0 unspecified atom stereocenters. The van der Waals surface area contributed by atoms with Crippen molar-refractivity contribution in [3.05, 3.63) is 63.7 Å². The monoisotopic (exact) mass is 286 g/mol. The van der Waals surface area contributed by atoms with E-state index in [2.05, 4.69) is 12.2 Å². The molecule has 0 amide bonds. The fourth-order valence-corrected chi connectivity index (χ4v) is 1.99. The third-order valence-corrected chi connectivity index (χ3v) is 3.14. The SMILES string of the molecule is CCNCc1ccc(Oc2cccc([N+](=O)[O-])c2)cc1C. The molecule has 110 valence electrons. The van der Waals surface area contributed by atoms with Crippen molar-refractivity contribution in [3.63, 3.8) is 0 Å². The lowest BCUT2D eigenvalue weighted by Gasteiger charge is -2.10. The van der Waals surface area contributed by atoms with Crippen LogP contribution < -0.4 is 10.1 Å². The van der Waals surface area contributed by atoms with Gasteiger partial charge in [0.1, 0.15) is 11.5 Å². The molecular formula is C16H18N2O3. The van der Waals surface area contributed by atoms with Crippen LogP contribution in [0.1, 0.15) is 18.1 Å². The van der Waals surface area contributed by atoms with Gasteiger partial charge in [-0.1, -0.05) is 19.1 Å². The number of non-ortho nitro benzene ring substituents is 1. The molecule has 2 rings (SSSR count). The maximum absolute atomic E-state index is 10.7. The lowest BCUT2D eigenvalue weighted by Crippen LogP contribution is -2.12. The Bertz CT molecular complexity index is 641. The fraction of sp³-hybridized carbons (Fsp3) is 0.250. The van der Waals surface area contributed by atoms with Crippen molar-refractivity contribution >= 4 is 5.69 Å². The molecule has 0 heterocycles. The van der Waals surface area contributed by atoms with Gasteiger partial charge in [0.05, 0.1) is 11.0 Å². The minimum absolute atomic E-state index is 0.0213. The Morgan fingerprint density at radius 3 is 2.62 bits per heavy atom. The molecule has 0 aliphatic carbocycles. The van der Waals surface area contributed by atoms with Crippen molar-refractivity contribution in [3.8, 4) is 11.5 Å². The molecule has 0 saturated heterocycles. The van der Waals surface area contributed by atoms with Gasteiger partial charge in [-0.2, -0.15) is 0 Å². The number of ether oxygens (including phenoxy) is 1. The predicted octanol–water partition coefficient (Wildman–Crippen LogP) is 3.81. The van der Waals surface area contributed by atoms with E-state index in [0.717, 1.165) is 18.7 Å². The molecule has 0 aliphatic heterocycles. The van der Waals surface area contributed by atoms with Crippen LogP contribution in [0.3, 0.4) is 0 Å². The zero-order valence-corrected chi connectivity index (χ0v) is 12.1. The molecule has 0 atom stereocenters. The van der Waals surface area contributed by atoms with Crippen molar-refractivity contribution in [2.24, 2.45) is 0 Å². The van der Waals surface area contributed by atoms with Gasteiger partial charge in [0.2, 0.25) is 0 Å². The van der Waals surface area contributed by atoms with E-state index in [-0.39, 0.29) is 5.69 Å². The summed E-state index contributed by atoms with van der Waals surface area (Å²) < 4.78 is 5.68.